The van der Waals surface area contributed by atoms with Crippen molar-refractivity contribution in [2.24, 2.45) is 5.73 Å². The number of halogens is 6. The van der Waals surface area contributed by atoms with E-state index >= 15 is 0 Å². The summed E-state index contributed by atoms with van der Waals surface area (Å²) in [6, 6.07) is -3.10. The second-order valence-electron chi connectivity index (χ2n) is 3.70. The van der Waals surface area contributed by atoms with Crippen molar-refractivity contribution >= 4 is 5.97 Å². The largest absolute Gasteiger partial charge is 0.462 e. The quantitative estimate of drug-likeness (QED) is 0.528. The van der Waals surface area contributed by atoms with Gasteiger partial charge in [0, 0.05) is 6.07 Å². The van der Waals surface area contributed by atoms with E-state index in [0.717, 1.165) is 0 Å². The van der Waals surface area contributed by atoms with E-state index in [1.807, 2.05) is 0 Å². The fourth-order valence-corrected chi connectivity index (χ4v) is 1.40. The summed E-state index contributed by atoms with van der Waals surface area (Å²) in [5.74, 6) is -14.7. The maximum absolute atomic E-state index is 13.5. The molecule has 0 spiro atoms. The van der Waals surface area contributed by atoms with Crippen LogP contribution < -0.4 is 5.73 Å². The minimum Gasteiger partial charge on any atom is -0.462 e. The van der Waals surface area contributed by atoms with Gasteiger partial charge in [0.1, 0.15) is 6.04 Å². The summed E-state index contributed by atoms with van der Waals surface area (Å²) in [7, 11) is 0. The maximum atomic E-state index is 13.5. The third-order valence-corrected chi connectivity index (χ3v) is 2.39. The van der Waals surface area contributed by atoms with Crippen LogP contribution in [-0.4, -0.2) is 18.5 Å². The van der Waals surface area contributed by atoms with Gasteiger partial charge < -0.3 is 10.5 Å². The predicted molar refractivity (Wildman–Crippen MR) is 54.8 cm³/mol. The molecule has 112 valence electrons. The van der Waals surface area contributed by atoms with Crippen molar-refractivity contribution in [1.29, 1.82) is 0 Å². The van der Waals surface area contributed by atoms with Crippen molar-refractivity contribution in [3.63, 3.8) is 0 Å². The summed E-state index contributed by atoms with van der Waals surface area (Å²) in [6.07, 6.45) is 0. The Morgan fingerprint density at radius 3 is 2.10 bits per heavy atom. The molecule has 20 heavy (non-hydrogen) atoms. The first-order valence-electron chi connectivity index (χ1n) is 5.28. The summed E-state index contributed by atoms with van der Waals surface area (Å²) < 4.78 is 83.5. The van der Waals surface area contributed by atoms with Gasteiger partial charge in [0.15, 0.2) is 23.3 Å². The first-order valence-corrected chi connectivity index (χ1v) is 5.28. The van der Waals surface area contributed by atoms with E-state index in [9.17, 15) is 31.1 Å². The second-order valence-corrected chi connectivity index (χ2v) is 3.70. The number of benzene rings is 1. The minimum absolute atomic E-state index is 0.163. The molecule has 0 bridgehead atoms. The number of hydrogen-bond acceptors (Lipinski definition) is 3. The normalized spacial score (nSPS) is 13.2. The zero-order valence-electron chi connectivity index (χ0n) is 10.0. The Hall–Kier alpha value is -1.77. The molecule has 0 saturated carbocycles. The number of ether oxygens (including phenoxy) is 1. The van der Waals surface area contributed by atoms with E-state index in [-0.39, 0.29) is 6.07 Å². The van der Waals surface area contributed by atoms with Crippen LogP contribution in [0.3, 0.4) is 0 Å². The van der Waals surface area contributed by atoms with Crippen molar-refractivity contribution < 1.29 is 35.9 Å². The van der Waals surface area contributed by atoms with Crippen LogP contribution in [0.5, 0.6) is 0 Å². The van der Waals surface area contributed by atoms with Crippen molar-refractivity contribution in [2.75, 3.05) is 6.61 Å². The second kappa shape index (κ2) is 5.70. The third-order valence-electron chi connectivity index (χ3n) is 2.39. The van der Waals surface area contributed by atoms with Gasteiger partial charge in [0.05, 0.1) is 12.2 Å². The first-order chi connectivity index (χ1) is 9.14. The molecular weight excluding hydrogens is 292 g/mol. The Kier molecular flexibility index (Phi) is 4.64. The number of nitrogens with two attached hydrogens (primary N) is 1. The smallest absolute Gasteiger partial charge is 0.379 e. The van der Waals surface area contributed by atoms with Gasteiger partial charge in [-0.05, 0) is 6.92 Å². The number of esters is 1. The number of rotatable bonds is 4. The van der Waals surface area contributed by atoms with Gasteiger partial charge in [-0.2, -0.15) is 8.78 Å². The molecule has 9 heteroatoms. The Balaban J connectivity index is 3.34. The molecule has 0 aromatic heterocycles. The molecule has 0 aliphatic rings. The molecule has 0 saturated heterocycles. The maximum Gasteiger partial charge on any atom is 0.379 e. The summed E-state index contributed by atoms with van der Waals surface area (Å²) >= 11 is 0. The third kappa shape index (κ3) is 2.72. The van der Waals surface area contributed by atoms with Crippen LogP contribution in [0.1, 0.15) is 18.5 Å². The molecule has 0 aliphatic carbocycles. The van der Waals surface area contributed by atoms with Gasteiger partial charge in [-0.1, -0.05) is 0 Å². The molecule has 1 atom stereocenters. The van der Waals surface area contributed by atoms with Crippen molar-refractivity contribution in [1.82, 2.24) is 0 Å². The number of carbonyl (C=O) groups excluding carboxylic acids is 1. The Labute approximate surface area is 109 Å². The van der Waals surface area contributed by atoms with Gasteiger partial charge in [-0.15, -0.1) is 0 Å². The van der Waals surface area contributed by atoms with Crippen molar-refractivity contribution in [3.8, 4) is 0 Å². The summed E-state index contributed by atoms with van der Waals surface area (Å²) in [5, 5.41) is 0. The fraction of sp³-hybridized carbons (Fsp3) is 0.364. The predicted octanol–water partition coefficient (Wildman–Crippen LogP) is 2.44. The summed E-state index contributed by atoms with van der Waals surface area (Å²) in [6.45, 7) is 0.770. The monoisotopic (exact) mass is 301 g/mol. The van der Waals surface area contributed by atoms with Gasteiger partial charge in [0.2, 0.25) is 0 Å². The number of hydrogen-bond donors (Lipinski definition) is 1. The highest BCUT2D eigenvalue weighted by Crippen LogP contribution is 2.35. The average molecular weight is 301 g/mol. The van der Waals surface area contributed by atoms with Crippen LogP contribution in [0.2, 0.25) is 0 Å². The van der Waals surface area contributed by atoms with Crippen LogP contribution >= 0.6 is 0 Å². The van der Waals surface area contributed by atoms with Gasteiger partial charge in [-0.3, -0.25) is 0 Å². The lowest BCUT2D eigenvalue weighted by Gasteiger charge is -2.22. The molecule has 0 heterocycles. The van der Waals surface area contributed by atoms with Crippen LogP contribution in [0.25, 0.3) is 0 Å². The Bertz CT molecular complexity index is 508. The van der Waals surface area contributed by atoms with Crippen LogP contribution in [0.15, 0.2) is 6.07 Å². The highest BCUT2D eigenvalue weighted by molar-refractivity contribution is 5.78. The first kappa shape index (κ1) is 16.3. The standard InChI is InChI=1S/C11H9F6NO2/c1-2-20-10(19)11(16,17)9(18)6-7(14)4(12)3-5(13)8(6)15/h3,9H,2,18H2,1H3/t9-/m1/s1. The molecule has 0 unspecified atom stereocenters. The fourth-order valence-electron chi connectivity index (χ4n) is 1.40. The van der Waals surface area contributed by atoms with E-state index in [4.69, 9.17) is 5.73 Å². The van der Waals surface area contributed by atoms with E-state index in [1.54, 1.807) is 0 Å². The number of carbonyl (C=O) groups is 1. The topological polar surface area (TPSA) is 52.3 Å². The summed E-state index contributed by atoms with van der Waals surface area (Å²) in [4.78, 5) is 11.0. The van der Waals surface area contributed by atoms with E-state index in [2.05, 4.69) is 4.74 Å². The highest BCUT2D eigenvalue weighted by Gasteiger charge is 2.50. The lowest BCUT2D eigenvalue weighted by Crippen LogP contribution is -2.42. The summed E-state index contributed by atoms with van der Waals surface area (Å²) in [5.41, 5.74) is 3.12. The Morgan fingerprint density at radius 1 is 1.25 bits per heavy atom. The van der Waals surface area contributed by atoms with Crippen LogP contribution in [0, 0.1) is 23.3 Å². The Morgan fingerprint density at radius 2 is 1.70 bits per heavy atom. The molecule has 0 amide bonds. The molecule has 0 fully saturated rings. The molecule has 2 N–H and O–H groups in total. The average Bonchev–Trinajstić information content (AvgIpc) is 2.36. The minimum atomic E-state index is -4.56. The van der Waals surface area contributed by atoms with E-state index < -0.39 is 53.4 Å². The van der Waals surface area contributed by atoms with Crippen LogP contribution in [0.4, 0.5) is 26.3 Å². The zero-order chi connectivity index (χ0) is 15.7. The van der Waals surface area contributed by atoms with Gasteiger partial charge in [0.25, 0.3) is 0 Å². The number of alkyl halides is 2. The van der Waals surface area contributed by atoms with E-state index in [1.165, 1.54) is 6.92 Å². The lowest BCUT2D eigenvalue weighted by atomic mass is 9.99. The molecular formula is C11H9F6NO2. The molecule has 0 aliphatic heterocycles. The van der Waals surface area contributed by atoms with Gasteiger partial charge in [-0.25, -0.2) is 22.4 Å². The van der Waals surface area contributed by atoms with Gasteiger partial charge >= 0.3 is 11.9 Å². The molecule has 1 rings (SSSR count). The highest BCUT2D eigenvalue weighted by atomic mass is 19.3. The van der Waals surface area contributed by atoms with Crippen molar-refractivity contribution in [2.45, 2.75) is 18.9 Å². The molecule has 1 aromatic carbocycles. The van der Waals surface area contributed by atoms with E-state index in [0.29, 0.717) is 0 Å². The molecule has 0 radical (unpaired) electrons. The molecule has 3 nitrogen and oxygen atoms in total. The van der Waals surface area contributed by atoms with Crippen molar-refractivity contribution in [3.05, 3.63) is 34.9 Å². The SMILES string of the molecule is CCOC(=O)C(F)(F)[C@H](N)c1c(F)c(F)cc(F)c1F. The zero-order valence-corrected chi connectivity index (χ0v) is 10.0. The van der Waals surface area contributed by atoms with Crippen LogP contribution in [-0.2, 0) is 9.53 Å². The molecule has 1 aromatic rings. The lowest BCUT2D eigenvalue weighted by molar-refractivity contribution is -0.175.